The molecule has 0 spiro atoms. The lowest BCUT2D eigenvalue weighted by molar-refractivity contribution is 0.256. The highest BCUT2D eigenvalue weighted by Gasteiger charge is 2.41. The Balaban J connectivity index is 2.09. The SMILES string of the molecule is CCCNCC(C)(Cc1cc(C)ccc1C)C1CC1. The van der Waals surface area contributed by atoms with Crippen LogP contribution in [0.5, 0.6) is 0 Å². The van der Waals surface area contributed by atoms with Crippen LogP contribution >= 0.6 is 0 Å². The zero-order valence-electron chi connectivity index (χ0n) is 13.1. The van der Waals surface area contributed by atoms with Gasteiger partial charge in [-0.1, -0.05) is 37.6 Å². The molecule has 0 radical (unpaired) electrons. The molecule has 0 aliphatic heterocycles. The summed E-state index contributed by atoms with van der Waals surface area (Å²) in [7, 11) is 0. The smallest absolute Gasteiger partial charge is 0.00110 e. The van der Waals surface area contributed by atoms with Gasteiger partial charge in [0.05, 0.1) is 0 Å². The minimum absolute atomic E-state index is 0.438. The lowest BCUT2D eigenvalue weighted by Gasteiger charge is -2.31. The number of benzene rings is 1. The minimum atomic E-state index is 0.438. The predicted octanol–water partition coefficient (Wildman–Crippen LogP) is 4.26. The van der Waals surface area contributed by atoms with Gasteiger partial charge >= 0.3 is 0 Å². The van der Waals surface area contributed by atoms with Gasteiger partial charge in [-0.2, -0.15) is 0 Å². The molecule has 1 atom stereocenters. The fourth-order valence-corrected chi connectivity index (χ4v) is 3.11. The third kappa shape index (κ3) is 3.82. The molecule has 0 amide bonds. The molecule has 1 aromatic carbocycles. The topological polar surface area (TPSA) is 12.0 Å². The largest absolute Gasteiger partial charge is 0.316 e. The van der Waals surface area contributed by atoms with Crippen LogP contribution in [0.15, 0.2) is 18.2 Å². The molecule has 1 aliphatic carbocycles. The number of aryl methyl sites for hydroxylation is 2. The third-order valence-corrected chi connectivity index (χ3v) is 4.62. The maximum atomic E-state index is 3.65. The summed E-state index contributed by atoms with van der Waals surface area (Å²) in [4.78, 5) is 0. The van der Waals surface area contributed by atoms with Crippen molar-refractivity contribution >= 4 is 0 Å². The van der Waals surface area contributed by atoms with Gasteiger partial charge in [-0.05, 0) is 68.5 Å². The normalized spacial score (nSPS) is 18.3. The van der Waals surface area contributed by atoms with Crippen LogP contribution in [0.3, 0.4) is 0 Å². The van der Waals surface area contributed by atoms with Crippen LogP contribution in [0.2, 0.25) is 0 Å². The fourth-order valence-electron chi connectivity index (χ4n) is 3.11. The summed E-state index contributed by atoms with van der Waals surface area (Å²) in [5, 5.41) is 3.65. The molecular weight excluding hydrogens is 230 g/mol. The zero-order valence-corrected chi connectivity index (χ0v) is 13.1. The average Bonchev–Trinajstić information content (AvgIpc) is 3.19. The molecule has 1 unspecified atom stereocenters. The van der Waals surface area contributed by atoms with E-state index in [2.05, 4.69) is 51.2 Å². The van der Waals surface area contributed by atoms with Gasteiger partial charge < -0.3 is 5.32 Å². The lowest BCUT2D eigenvalue weighted by Crippen LogP contribution is -2.36. The third-order valence-electron chi connectivity index (χ3n) is 4.62. The van der Waals surface area contributed by atoms with Crippen LogP contribution in [0.4, 0.5) is 0 Å². The molecule has 19 heavy (non-hydrogen) atoms. The highest BCUT2D eigenvalue weighted by Crippen LogP contribution is 2.47. The van der Waals surface area contributed by atoms with E-state index in [1.807, 2.05) is 0 Å². The average molecular weight is 259 g/mol. The Morgan fingerprint density at radius 3 is 2.63 bits per heavy atom. The van der Waals surface area contributed by atoms with E-state index in [4.69, 9.17) is 0 Å². The van der Waals surface area contributed by atoms with E-state index in [1.165, 1.54) is 43.4 Å². The second-order valence-corrected chi connectivity index (χ2v) is 6.71. The highest BCUT2D eigenvalue weighted by atomic mass is 14.9. The molecule has 1 fully saturated rings. The molecule has 0 aromatic heterocycles. The Kier molecular flexibility index (Phi) is 4.67. The molecule has 106 valence electrons. The first-order chi connectivity index (χ1) is 9.05. The zero-order chi connectivity index (χ0) is 13.9. The standard InChI is InChI=1S/C18H29N/c1-5-10-19-13-18(4,17-8-9-17)12-16-11-14(2)6-7-15(16)3/h6-7,11,17,19H,5,8-10,12-13H2,1-4H3. The van der Waals surface area contributed by atoms with Crippen LogP contribution in [-0.2, 0) is 6.42 Å². The van der Waals surface area contributed by atoms with E-state index >= 15 is 0 Å². The summed E-state index contributed by atoms with van der Waals surface area (Å²) in [6.07, 6.45) is 5.30. The number of hydrogen-bond donors (Lipinski definition) is 1. The molecule has 1 aliphatic rings. The highest BCUT2D eigenvalue weighted by molar-refractivity contribution is 5.31. The Morgan fingerprint density at radius 2 is 2.00 bits per heavy atom. The van der Waals surface area contributed by atoms with Crippen molar-refractivity contribution in [2.45, 2.75) is 53.4 Å². The van der Waals surface area contributed by atoms with E-state index in [0.29, 0.717) is 5.41 Å². The van der Waals surface area contributed by atoms with Crippen molar-refractivity contribution in [3.63, 3.8) is 0 Å². The second kappa shape index (κ2) is 6.09. The predicted molar refractivity (Wildman–Crippen MR) is 83.6 cm³/mol. The Bertz CT molecular complexity index is 420. The van der Waals surface area contributed by atoms with Gasteiger partial charge in [-0.15, -0.1) is 0 Å². The quantitative estimate of drug-likeness (QED) is 0.721. The van der Waals surface area contributed by atoms with E-state index in [1.54, 1.807) is 5.56 Å². The summed E-state index contributed by atoms with van der Waals surface area (Å²) in [6, 6.07) is 6.88. The van der Waals surface area contributed by atoms with E-state index in [0.717, 1.165) is 12.5 Å². The van der Waals surface area contributed by atoms with Crippen molar-refractivity contribution < 1.29 is 0 Å². The Morgan fingerprint density at radius 1 is 1.26 bits per heavy atom. The number of nitrogens with one attached hydrogen (secondary N) is 1. The van der Waals surface area contributed by atoms with Gasteiger partial charge in [0.1, 0.15) is 0 Å². The molecule has 1 heteroatoms. The van der Waals surface area contributed by atoms with Gasteiger partial charge in [0.15, 0.2) is 0 Å². The van der Waals surface area contributed by atoms with Crippen LogP contribution < -0.4 is 5.32 Å². The van der Waals surface area contributed by atoms with Crippen LogP contribution in [0.1, 0.15) is 49.8 Å². The lowest BCUT2D eigenvalue weighted by atomic mass is 9.77. The van der Waals surface area contributed by atoms with E-state index in [-0.39, 0.29) is 0 Å². The molecule has 1 aromatic rings. The van der Waals surface area contributed by atoms with Crippen LogP contribution in [-0.4, -0.2) is 13.1 Å². The fraction of sp³-hybridized carbons (Fsp3) is 0.667. The summed E-state index contributed by atoms with van der Waals surface area (Å²) in [6.45, 7) is 11.5. The molecule has 1 nitrogen and oxygen atoms in total. The molecule has 2 rings (SSSR count). The molecule has 0 saturated heterocycles. The maximum absolute atomic E-state index is 3.65. The van der Waals surface area contributed by atoms with Crippen molar-refractivity contribution in [2.75, 3.05) is 13.1 Å². The molecule has 1 N–H and O–H groups in total. The molecule has 0 heterocycles. The van der Waals surface area contributed by atoms with E-state index < -0.39 is 0 Å². The first kappa shape index (κ1) is 14.6. The van der Waals surface area contributed by atoms with Crippen molar-refractivity contribution in [1.82, 2.24) is 5.32 Å². The minimum Gasteiger partial charge on any atom is -0.316 e. The first-order valence-corrected chi connectivity index (χ1v) is 7.82. The Hall–Kier alpha value is -0.820. The van der Waals surface area contributed by atoms with Gasteiger partial charge in [0.2, 0.25) is 0 Å². The monoisotopic (exact) mass is 259 g/mol. The molecule has 1 saturated carbocycles. The van der Waals surface area contributed by atoms with Crippen molar-refractivity contribution in [3.05, 3.63) is 34.9 Å². The van der Waals surface area contributed by atoms with Crippen molar-refractivity contribution in [3.8, 4) is 0 Å². The summed E-state index contributed by atoms with van der Waals surface area (Å²) < 4.78 is 0. The van der Waals surface area contributed by atoms with Crippen molar-refractivity contribution in [1.29, 1.82) is 0 Å². The summed E-state index contributed by atoms with van der Waals surface area (Å²) in [5.41, 5.74) is 4.83. The molecular formula is C18H29N. The second-order valence-electron chi connectivity index (χ2n) is 6.71. The van der Waals surface area contributed by atoms with Gasteiger partial charge in [0, 0.05) is 6.54 Å². The number of hydrogen-bond acceptors (Lipinski definition) is 1. The van der Waals surface area contributed by atoms with Gasteiger partial charge in [-0.3, -0.25) is 0 Å². The first-order valence-electron chi connectivity index (χ1n) is 7.82. The van der Waals surface area contributed by atoms with Crippen LogP contribution in [0, 0.1) is 25.2 Å². The Labute approximate surface area is 118 Å². The van der Waals surface area contributed by atoms with Crippen molar-refractivity contribution in [2.24, 2.45) is 11.3 Å². The van der Waals surface area contributed by atoms with Crippen LogP contribution in [0.25, 0.3) is 0 Å². The van der Waals surface area contributed by atoms with Gasteiger partial charge in [0.25, 0.3) is 0 Å². The summed E-state index contributed by atoms with van der Waals surface area (Å²) >= 11 is 0. The summed E-state index contributed by atoms with van der Waals surface area (Å²) in [5.74, 6) is 0.928. The number of rotatable bonds is 7. The maximum Gasteiger partial charge on any atom is 0.00110 e. The molecule has 0 bridgehead atoms. The van der Waals surface area contributed by atoms with E-state index in [9.17, 15) is 0 Å². The van der Waals surface area contributed by atoms with Gasteiger partial charge in [-0.25, -0.2) is 0 Å².